The van der Waals surface area contributed by atoms with Gasteiger partial charge in [-0.15, -0.1) is 11.3 Å². The lowest BCUT2D eigenvalue weighted by Crippen LogP contribution is -2.38. The lowest BCUT2D eigenvalue weighted by atomic mass is 10.2. The number of thiocarbonyl (C=S) groups is 1. The minimum atomic E-state index is -0.312. The first-order chi connectivity index (χ1) is 12.1. The topological polar surface area (TPSA) is 36.1 Å². The highest BCUT2D eigenvalue weighted by atomic mass is 32.1. The van der Waals surface area contributed by atoms with Crippen LogP contribution in [-0.4, -0.2) is 10.1 Å². The maximum absolute atomic E-state index is 13.8. The minimum Gasteiger partial charge on any atom is -0.501 e. The Kier molecular flexibility index (Phi) is 5.21. The van der Waals surface area contributed by atoms with Crippen LogP contribution in [0, 0.1) is 12.7 Å². The molecule has 0 saturated carbocycles. The molecule has 0 aliphatic carbocycles. The van der Waals surface area contributed by atoms with Crippen LogP contribution in [0.4, 0.5) is 10.1 Å². The van der Waals surface area contributed by atoms with E-state index >= 15 is 0 Å². The monoisotopic (exact) mass is 371 g/mol. The number of nitrogens with zero attached hydrogens (tertiary/aromatic N) is 1. The number of hydrogen-bond acceptors (Lipinski definition) is 3. The molecule has 0 aliphatic rings. The Hall–Kier alpha value is -2.57. The number of benzene rings is 1. The van der Waals surface area contributed by atoms with E-state index in [0.29, 0.717) is 26.8 Å². The molecule has 2 heterocycles. The molecule has 25 heavy (non-hydrogen) atoms. The molecule has 0 fully saturated rings. The van der Waals surface area contributed by atoms with Crippen LogP contribution in [0.3, 0.4) is 0 Å². The first-order valence-electron chi connectivity index (χ1n) is 7.57. The number of pyridine rings is 1. The average Bonchev–Trinajstić information content (AvgIpc) is 3.14. The number of aryl methyl sites for hydroxylation is 1. The summed E-state index contributed by atoms with van der Waals surface area (Å²) in [6, 6.07) is 14.1. The van der Waals surface area contributed by atoms with Crippen molar-refractivity contribution in [3.8, 4) is 0 Å². The fourth-order valence-electron chi connectivity index (χ4n) is 2.29. The third kappa shape index (κ3) is 3.92. The van der Waals surface area contributed by atoms with Gasteiger partial charge in [-0.25, -0.2) is 4.39 Å². The summed E-state index contributed by atoms with van der Waals surface area (Å²) in [5.74, 6) is -0.246. The van der Waals surface area contributed by atoms with Crippen LogP contribution < -0.4 is 9.88 Å². The second-order valence-corrected chi connectivity index (χ2v) is 6.73. The largest absolute Gasteiger partial charge is 0.501 e. The molecule has 0 aliphatic heterocycles. The first-order valence-corrected chi connectivity index (χ1v) is 8.86. The predicted octanol–water partition coefficient (Wildman–Crippen LogP) is 4.81. The van der Waals surface area contributed by atoms with E-state index in [4.69, 9.17) is 12.2 Å². The Morgan fingerprint density at radius 3 is 2.56 bits per heavy atom. The lowest BCUT2D eigenvalue weighted by molar-refractivity contribution is -0.575. The van der Waals surface area contributed by atoms with Crippen molar-refractivity contribution in [3.05, 3.63) is 82.6 Å². The summed E-state index contributed by atoms with van der Waals surface area (Å²) in [6.45, 7) is 1.70. The summed E-state index contributed by atoms with van der Waals surface area (Å²) in [5.41, 5.74) is 1.52. The van der Waals surface area contributed by atoms with Crippen LogP contribution in [-0.2, 0) is 0 Å². The van der Waals surface area contributed by atoms with Crippen LogP contribution in [0.15, 0.2) is 66.3 Å². The van der Waals surface area contributed by atoms with Gasteiger partial charge < -0.3 is 10.4 Å². The predicted molar refractivity (Wildman–Crippen MR) is 104 cm³/mol. The molecule has 3 aromatic rings. The summed E-state index contributed by atoms with van der Waals surface area (Å²) in [4.78, 5) is 0.996. The molecule has 0 bridgehead atoms. The molecule has 126 valence electrons. The molecule has 0 amide bonds. The number of aliphatic hydroxyl groups is 1. The summed E-state index contributed by atoms with van der Waals surface area (Å²) in [5, 5.41) is 15.6. The third-order valence-electron chi connectivity index (χ3n) is 3.60. The van der Waals surface area contributed by atoms with Gasteiger partial charge in [-0.2, -0.15) is 4.57 Å². The van der Waals surface area contributed by atoms with Crippen molar-refractivity contribution in [1.29, 1.82) is 0 Å². The molecule has 3 nitrogen and oxygen atoms in total. The number of halogens is 1. The van der Waals surface area contributed by atoms with Gasteiger partial charge in [0, 0.05) is 17.8 Å². The molecule has 0 radical (unpaired) electrons. The van der Waals surface area contributed by atoms with Gasteiger partial charge in [0.2, 0.25) is 5.76 Å². The van der Waals surface area contributed by atoms with Crippen LogP contribution in [0.1, 0.15) is 10.4 Å². The molecule has 2 aromatic heterocycles. The van der Waals surface area contributed by atoms with Gasteiger partial charge in [-0.3, -0.25) is 0 Å². The molecule has 0 unspecified atom stereocenters. The zero-order valence-corrected chi connectivity index (χ0v) is 15.1. The molecule has 2 N–H and O–H groups in total. The Morgan fingerprint density at radius 1 is 1.16 bits per heavy atom. The molecule has 0 spiro atoms. The number of aliphatic hydroxyl groups excluding tert-OH is 1. The second kappa shape index (κ2) is 7.55. The second-order valence-electron chi connectivity index (χ2n) is 5.38. The van der Waals surface area contributed by atoms with Gasteiger partial charge in [0.05, 0.1) is 4.88 Å². The van der Waals surface area contributed by atoms with E-state index in [1.165, 1.54) is 17.4 Å². The summed E-state index contributed by atoms with van der Waals surface area (Å²) >= 11 is 6.91. The highest BCUT2D eigenvalue weighted by Crippen LogP contribution is 2.23. The number of aromatic nitrogens is 1. The van der Waals surface area contributed by atoms with Crippen LogP contribution >= 0.6 is 23.6 Å². The molecule has 0 atom stereocenters. The smallest absolute Gasteiger partial charge is 0.289 e. The average molecular weight is 371 g/mol. The van der Waals surface area contributed by atoms with E-state index in [1.54, 1.807) is 36.0 Å². The van der Waals surface area contributed by atoms with Crippen molar-refractivity contribution in [2.75, 3.05) is 5.32 Å². The highest BCUT2D eigenvalue weighted by Gasteiger charge is 2.24. The summed E-state index contributed by atoms with van der Waals surface area (Å²) < 4.78 is 15.5. The first kappa shape index (κ1) is 17.3. The summed E-state index contributed by atoms with van der Waals surface area (Å²) in [6.07, 6.45) is 3.59. The van der Waals surface area contributed by atoms with Crippen molar-refractivity contribution < 1.29 is 14.1 Å². The van der Waals surface area contributed by atoms with Crippen LogP contribution in [0.5, 0.6) is 0 Å². The van der Waals surface area contributed by atoms with Crippen LogP contribution in [0.25, 0.3) is 11.5 Å². The summed E-state index contributed by atoms with van der Waals surface area (Å²) in [7, 11) is 0. The third-order valence-corrected chi connectivity index (χ3v) is 4.77. The number of rotatable bonds is 4. The van der Waals surface area contributed by atoms with Gasteiger partial charge in [0.25, 0.3) is 5.70 Å². The van der Waals surface area contributed by atoms with Crippen LogP contribution in [0.2, 0.25) is 0 Å². The Morgan fingerprint density at radius 2 is 1.92 bits per heavy atom. The van der Waals surface area contributed by atoms with E-state index < -0.39 is 0 Å². The van der Waals surface area contributed by atoms with Crippen molar-refractivity contribution in [2.45, 2.75) is 6.92 Å². The molecular formula is C19H16FN2OS2+. The molecule has 0 saturated heterocycles. The number of thiophene rings is 1. The van der Waals surface area contributed by atoms with Gasteiger partial charge in [-0.1, -0.05) is 30.4 Å². The van der Waals surface area contributed by atoms with Gasteiger partial charge in [0.1, 0.15) is 5.82 Å². The SMILES string of the molecule is Cc1ccc(NC(=S)C(=C(O)c2cccs2)[n+]2ccccc2)cc1F. The van der Waals surface area contributed by atoms with Crippen molar-refractivity contribution >= 4 is 45.7 Å². The van der Waals surface area contributed by atoms with E-state index in [9.17, 15) is 9.50 Å². The van der Waals surface area contributed by atoms with Crippen molar-refractivity contribution in [3.63, 3.8) is 0 Å². The van der Waals surface area contributed by atoms with E-state index in [2.05, 4.69) is 5.32 Å². The molecule has 6 heteroatoms. The number of anilines is 1. The zero-order valence-electron chi connectivity index (χ0n) is 13.4. The molecular weight excluding hydrogens is 355 g/mol. The lowest BCUT2D eigenvalue weighted by Gasteiger charge is -2.10. The van der Waals surface area contributed by atoms with Crippen molar-refractivity contribution in [1.82, 2.24) is 0 Å². The van der Waals surface area contributed by atoms with Crippen molar-refractivity contribution in [2.24, 2.45) is 0 Å². The maximum atomic E-state index is 13.8. The molecule has 3 rings (SSSR count). The van der Waals surface area contributed by atoms with Gasteiger partial charge >= 0.3 is 0 Å². The van der Waals surface area contributed by atoms with E-state index in [1.807, 2.05) is 35.7 Å². The van der Waals surface area contributed by atoms with E-state index in [-0.39, 0.29) is 11.6 Å². The minimum absolute atomic E-state index is 0.0660. The Labute approximate surface area is 154 Å². The molecule has 1 aromatic carbocycles. The Bertz CT molecular complexity index is 922. The number of nitrogens with one attached hydrogen (secondary N) is 1. The van der Waals surface area contributed by atoms with Gasteiger partial charge in [-0.05, 0) is 36.1 Å². The Balaban J connectivity index is 2.01. The normalized spacial score (nSPS) is 11.8. The maximum Gasteiger partial charge on any atom is 0.289 e. The number of hydrogen-bond donors (Lipinski definition) is 2. The zero-order chi connectivity index (χ0) is 17.8. The highest BCUT2D eigenvalue weighted by molar-refractivity contribution is 7.81. The van der Waals surface area contributed by atoms with E-state index in [0.717, 1.165) is 0 Å². The standard InChI is InChI=1S/C19H15FN2OS2/c1-13-7-8-14(12-15(13)20)21-19(24)17(22-9-3-2-4-10-22)18(23)16-6-5-11-25-16/h2-12H,1H3,(H-,21,23,24)/p+1. The quantitative estimate of drug-likeness (QED) is 0.299. The van der Waals surface area contributed by atoms with Gasteiger partial charge in [0.15, 0.2) is 17.4 Å². The fourth-order valence-corrected chi connectivity index (χ4v) is 3.27. The fraction of sp³-hybridized carbons (Fsp3) is 0.0526.